The molecule has 2 heterocycles. The van der Waals surface area contributed by atoms with Crippen LogP contribution in [0, 0.1) is 13.8 Å². The Morgan fingerprint density at radius 1 is 1.30 bits per heavy atom. The quantitative estimate of drug-likeness (QED) is 0.831. The fraction of sp³-hybridized carbons (Fsp3) is 0.353. The van der Waals surface area contributed by atoms with E-state index in [4.69, 9.17) is 4.74 Å². The average molecular weight is 315 g/mol. The normalized spacial score (nSPS) is 11.8. The molecule has 0 unspecified atom stereocenters. The number of carbonyl (C=O) groups excluding carboxylic acids is 2. The standard InChI is InChI=1S/C17H21N3O3/c1-5-23-17(22)14-10(2)15(19-12(14)4)16(21)20-11(3)13-6-8-18-9-7-13/h6-9,11,19H,5H2,1-4H3,(H,20,21)/t11-/m0/s1. The molecule has 0 saturated heterocycles. The summed E-state index contributed by atoms with van der Waals surface area (Å²) >= 11 is 0. The van der Waals surface area contributed by atoms with E-state index in [0.717, 1.165) is 5.56 Å². The van der Waals surface area contributed by atoms with Gasteiger partial charge < -0.3 is 15.0 Å². The van der Waals surface area contributed by atoms with E-state index in [1.165, 1.54) is 0 Å². The molecule has 0 saturated carbocycles. The number of amides is 1. The van der Waals surface area contributed by atoms with Gasteiger partial charge in [0.15, 0.2) is 0 Å². The van der Waals surface area contributed by atoms with E-state index in [9.17, 15) is 9.59 Å². The number of aromatic amines is 1. The molecule has 0 spiro atoms. The molecule has 0 aliphatic carbocycles. The number of carbonyl (C=O) groups is 2. The third kappa shape index (κ3) is 3.59. The molecule has 0 aliphatic rings. The monoisotopic (exact) mass is 315 g/mol. The van der Waals surface area contributed by atoms with Crippen LogP contribution in [0.1, 0.15) is 57.6 Å². The van der Waals surface area contributed by atoms with E-state index >= 15 is 0 Å². The second-order valence-corrected chi connectivity index (χ2v) is 5.32. The minimum absolute atomic E-state index is 0.167. The van der Waals surface area contributed by atoms with Gasteiger partial charge in [0.25, 0.3) is 5.91 Å². The molecule has 0 bridgehead atoms. The number of pyridine rings is 1. The molecule has 2 aromatic heterocycles. The van der Waals surface area contributed by atoms with E-state index in [0.29, 0.717) is 29.1 Å². The maximum Gasteiger partial charge on any atom is 0.340 e. The Hall–Kier alpha value is -2.63. The molecule has 2 N–H and O–H groups in total. The van der Waals surface area contributed by atoms with Gasteiger partial charge in [-0.3, -0.25) is 9.78 Å². The molecule has 6 nitrogen and oxygen atoms in total. The van der Waals surface area contributed by atoms with E-state index in [2.05, 4.69) is 15.3 Å². The van der Waals surface area contributed by atoms with Crippen molar-refractivity contribution >= 4 is 11.9 Å². The number of ether oxygens (including phenoxy) is 1. The molecule has 6 heteroatoms. The Balaban J connectivity index is 2.20. The first kappa shape index (κ1) is 16.7. The van der Waals surface area contributed by atoms with Crippen molar-refractivity contribution in [2.75, 3.05) is 6.61 Å². The molecule has 2 aromatic rings. The first-order valence-corrected chi connectivity index (χ1v) is 7.52. The second kappa shape index (κ2) is 7.09. The minimum Gasteiger partial charge on any atom is -0.462 e. The number of nitrogens with one attached hydrogen (secondary N) is 2. The van der Waals surface area contributed by atoms with Crippen molar-refractivity contribution in [1.82, 2.24) is 15.3 Å². The number of hydrogen-bond donors (Lipinski definition) is 2. The van der Waals surface area contributed by atoms with Crippen molar-refractivity contribution < 1.29 is 14.3 Å². The van der Waals surface area contributed by atoms with E-state index in [-0.39, 0.29) is 11.9 Å². The molecular formula is C17H21N3O3. The molecule has 0 radical (unpaired) electrons. The van der Waals surface area contributed by atoms with Gasteiger partial charge in [-0.15, -0.1) is 0 Å². The van der Waals surface area contributed by atoms with E-state index in [1.807, 2.05) is 19.1 Å². The van der Waals surface area contributed by atoms with Gasteiger partial charge in [-0.2, -0.15) is 0 Å². The third-order valence-electron chi connectivity index (χ3n) is 3.70. The fourth-order valence-electron chi connectivity index (χ4n) is 2.49. The van der Waals surface area contributed by atoms with E-state index in [1.54, 1.807) is 33.2 Å². The predicted octanol–water partition coefficient (Wildman–Crippen LogP) is 2.69. The molecule has 0 aliphatic heterocycles. The van der Waals surface area contributed by atoms with Crippen LogP contribution in [0.2, 0.25) is 0 Å². The summed E-state index contributed by atoms with van der Waals surface area (Å²) in [5.41, 5.74) is 2.99. The third-order valence-corrected chi connectivity index (χ3v) is 3.70. The summed E-state index contributed by atoms with van der Waals surface area (Å²) in [6.45, 7) is 7.43. The fourth-order valence-corrected chi connectivity index (χ4v) is 2.49. The summed E-state index contributed by atoms with van der Waals surface area (Å²) in [5.74, 6) is -0.676. The van der Waals surface area contributed by atoms with Crippen LogP contribution in [0.25, 0.3) is 0 Å². The summed E-state index contributed by atoms with van der Waals surface area (Å²) < 4.78 is 5.04. The molecule has 1 atom stereocenters. The summed E-state index contributed by atoms with van der Waals surface area (Å²) in [6.07, 6.45) is 3.36. The van der Waals surface area contributed by atoms with Crippen molar-refractivity contribution in [2.24, 2.45) is 0 Å². The van der Waals surface area contributed by atoms with Crippen LogP contribution < -0.4 is 5.32 Å². The van der Waals surface area contributed by atoms with Gasteiger partial charge in [-0.05, 0) is 51.0 Å². The number of esters is 1. The predicted molar refractivity (Wildman–Crippen MR) is 86.3 cm³/mol. The molecule has 1 amide bonds. The lowest BCUT2D eigenvalue weighted by molar-refractivity contribution is 0.0525. The highest BCUT2D eigenvalue weighted by atomic mass is 16.5. The maximum absolute atomic E-state index is 12.5. The summed E-state index contributed by atoms with van der Waals surface area (Å²) in [7, 11) is 0. The Bertz CT molecular complexity index is 707. The summed E-state index contributed by atoms with van der Waals surface area (Å²) in [5, 5.41) is 2.91. The summed E-state index contributed by atoms with van der Waals surface area (Å²) in [6, 6.07) is 3.53. The lowest BCUT2D eigenvalue weighted by atomic mass is 10.1. The largest absolute Gasteiger partial charge is 0.462 e. The van der Waals surface area contributed by atoms with Crippen molar-refractivity contribution in [3.8, 4) is 0 Å². The van der Waals surface area contributed by atoms with Gasteiger partial charge in [-0.25, -0.2) is 4.79 Å². The van der Waals surface area contributed by atoms with E-state index < -0.39 is 5.97 Å². The molecule has 122 valence electrons. The maximum atomic E-state index is 12.5. The van der Waals surface area contributed by atoms with Gasteiger partial charge in [0.2, 0.25) is 0 Å². The van der Waals surface area contributed by atoms with Gasteiger partial charge in [-0.1, -0.05) is 0 Å². The zero-order valence-corrected chi connectivity index (χ0v) is 13.8. The smallest absolute Gasteiger partial charge is 0.340 e. The average Bonchev–Trinajstić information content (AvgIpc) is 2.83. The molecule has 0 aromatic carbocycles. The topological polar surface area (TPSA) is 84.1 Å². The SMILES string of the molecule is CCOC(=O)c1c(C)[nH]c(C(=O)N[C@@H](C)c2ccncc2)c1C. The first-order chi connectivity index (χ1) is 11.0. The van der Waals surface area contributed by atoms with Crippen LogP contribution in [0.4, 0.5) is 0 Å². The summed E-state index contributed by atoms with van der Waals surface area (Å²) in [4.78, 5) is 31.4. The number of nitrogens with zero attached hydrogens (tertiary/aromatic N) is 1. The highest BCUT2D eigenvalue weighted by Gasteiger charge is 2.23. The Labute approximate surface area is 135 Å². The van der Waals surface area contributed by atoms with Crippen LogP contribution in [-0.2, 0) is 4.74 Å². The van der Waals surface area contributed by atoms with Crippen LogP contribution >= 0.6 is 0 Å². The Morgan fingerprint density at radius 3 is 2.57 bits per heavy atom. The Morgan fingerprint density at radius 2 is 1.96 bits per heavy atom. The molecular weight excluding hydrogens is 294 g/mol. The number of H-pyrrole nitrogens is 1. The highest BCUT2D eigenvalue weighted by molar-refractivity contribution is 6.00. The highest BCUT2D eigenvalue weighted by Crippen LogP contribution is 2.20. The number of aromatic nitrogens is 2. The van der Waals surface area contributed by atoms with Crippen molar-refractivity contribution in [3.63, 3.8) is 0 Å². The van der Waals surface area contributed by atoms with Crippen LogP contribution in [0.3, 0.4) is 0 Å². The minimum atomic E-state index is -0.417. The Kier molecular flexibility index (Phi) is 5.16. The first-order valence-electron chi connectivity index (χ1n) is 7.52. The van der Waals surface area contributed by atoms with Crippen molar-refractivity contribution in [2.45, 2.75) is 33.7 Å². The molecule has 23 heavy (non-hydrogen) atoms. The lowest BCUT2D eigenvalue weighted by Crippen LogP contribution is -2.27. The van der Waals surface area contributed by atoms with Crippen molar-refractivity contribution in [1.29, 1.82) is 0 Å². The van der Waals surface area contributed by atoms with Crippen LogP contribution in [-0.4, -0.2) is 28.5 Å². The molecule has 0 fully saturated rings. The van der Waals surface area contributed by atoms with Crippen molar-refractivity contribution in [3.05, 3.63) is 52.6 Å². The number of rotatable bonds is 5. The van der Waals surface area contributed by atoms with Crippen LogP contribution in [0.5, 0.6) is 0 Å². The zero-order chi connectivity index (χ0) is 17.0. The van der Waals surface area contributed by atoms with Gasteiger partial charge in [0.1, 0.15) is 5.69 Å². The zero-order valence-electron chi connectivity index (χ0n) is 13.8. The van der Waals surface area contributed by atoms with Gasteiger partial charge in [0.05, 0.1) is 18.2 Å². The van der Waals surface area contributed by atoms with Crippen LogP contribution in [0.15, 0.2) is 24.5 Å². The second-order valence-electron chi connectivity index (χ2n) is 5.32. The number of aryl methyl sites for hydroxylation is 1. The molecule has 2 rings (SSSR count). The van der Waals surface area contributed by atoms with Gasteiger partial charge >= 0.3 is 5.97 Å². The number of hydrogen-bond acceptors (Lipinski definition) is 4. The van der Waals surface area contributed by atoms with Gasteiger partial charge in [0, 0.05) is 18.1 Å². The lowest BCUT2D eigenvalue weighted by Gasteiger charge is -2.13.